The Morgan fingerprint density at radius 2 is 2.28 bits per heavy atom. The van der Waals surface area contributed by atoms with E-state index in [1.807, 2.05) is 11.8 Å². The van der Waals surface area contributed by atoms with E-state index in [-0.39, 0.29) is 5.91 Å². The third kappa shape index (κ3) is 3.73. The number of fused-ring (bicyclic) bond motifs is 1. The third-order valence-electron chi connectivity index (χ3n) is 2.87. The van der Waals surface area contributed by atoms with E-state index in [1.54, 1.807) is 11.3 Å². The van der Waals surface area contributed by atoms with Gasteiger partial charge >= 0.3 is 0 Å². The predicted molar refractivity (Wildman–Crippen MR) is 79.7 cm³/mol. The molecule has 0 unspecified atom stereocenters. The van der Waals surface area contributed by atoms with Gasteiger partial charge in [0.05, 0.1) is 4.88 Å². The maximum Gasteiger partial charge on any atom is 0.261 e. The Morgan fingerprint density at radius 1 is 1.39 bits per heavy atom. The van der Waals surface area contributed by atoms with Gasteiger partial charge in [-0.25, -0.2) is 0 Å². The molecule has 0 spiro atoms. The molecule has 0 aliphatic carbocycles. The van der Waals surface area contributed by atoms with Crippen LogP contribution in [0.4, 0.5) is 0 Å². The Morgan fingerprint density at radius 3 is 3.06 bits per heavy atom. The number of thioether (sulfide) groups is 1. The van der Waals surface area contributed by atoms with Gasteiger partial charge in [-0.2, -0.15) is 11.8 Å². The van der Waals surface area contributed by atoms with Gasteiger partial charge in [0.2, 0.25) is 0 Å². The summed E-state index contributed by atoms with van der Waals surface area (Å²) in [5, 5.41) is 6.25. The number of thiophene rings is 1. The zero-order chi connectivity index (χ0) is 12.8. The van der Waals surface area contributed by atoms with Gasteiger partial charge in [-0.1, -0.05) is 6.92 Å². The quantitative estimate of drug-likeness (QED) is 0.787. The van der Waals surface area contributed by atoms with Gasteiger partial charge in [-0.15, -0.1) is 11.3 Å². The van der Waals surface area contributed by atoms with Crippen LogP contribution in [0.1, 0.15) is 33.5 Å². The van der Waals surface area contributed by atoms with E-state index in [2.05, 4.69) is 23.6 Å². The fourth-order valence-electron chi connectivity index (χ4n) is 1.91. The molecule has 2 heterocycles. The van der Waals surface area contributed by atoms with Gasteiger partial charge in [0.15, 0.2) is 0 Å². The third-order valence-corrected chi connectivity index (χ3v) is 5.11. The number of nitrogens with one attached hydrogen (secondary N) is 2. The molecule has 1 aliphatic heterocycles. The van der Waals surface area contributed by atoms with Crippen LogP contribution in [0.2, 0.25) is 0 Å². The highest BCUT2D eigenvalue weighted by molar-refractivity contribution is 7.98. The molecule has 0 radical (unpaired) electrons. The van der Waals surface area contributed by atoms with Crippen molar-refractivity contribution in [3.8, 4) is 0 Å². The second kappa shape index (κ2) is 7.16. The molecule has 0 atom stereocenters. The minimum absolute atomic E-state index is 0.0812. The number of aryl methyl sites for hydroxylation is 1. The first-order valence-corrected chi connectivity index (χ1v) is 8.46. The number of hydrogen-bond donors (Lipinski definition) is 2. The van der Waals surface area contributed by atoms with E-state index < -0.39 is 0 Å². The molecule has 1 aromatic rings. The van der Waals surface area contributed by atoms with Gasteiger partial charge in [0, 0.05) is 23.7 Å². The molecule has 100 valence electrons. The Labute approximate surface area is 117 Å². The lowest BCUT2D eigenvalue weighted by Crippen LogP contribution is -2.31. The summed E-state index contributed by atoms with van der Waals surface area (Å²) in [4.78, 5) is 14.2. The van der Waals surface area contributed by atoms with E-state index in [0.29, 0.717) is 6.54 Å². The van der Waals surface area contributed by atoms with Gasteiger partial charge in [0.1, 0.15) is 0 Å². The molecule has 2 N–H and O–H groups in total. The fraction of sp³-hybridized carbons (Fsp3) is 0.615. The second-order valence-corrected chi connectivity index (χ2v) is 6.61. The average molecular weight is 284 g/mol. The van der Waals surface area contributed by atoms with Crippen LogP contribution in [0, 0.1) is 0 Å². The van der Waals surface area contributed by atoms with Gasteiger partial charge in [-0.05, 0) is 36.8 Å². The Kier molecular flexibility index (Phi) is 5.53. The number of rotatable bonds is 6. The normalized spacial score (nSPS) is 14.3. The van der Waals surface area contributed by atoms with Crippen LogP contribution in [-0.2, 0) is 12.2 Å². The largest absolute Gasteiger partial charge is 0.350 e. The lowest BCUT2D eigenvalue weighted by atomic mass is 10.2. The molecule has 2 rings (SSSR count). The molecule has 1 amide bonds. The molecule has 0 bridgehead atoms. The molecule has 0 fully saturated rings. The highest BCUT2D eigenvalue weighted by atomic mass is 32.2. The summed E-state index contributed by atoms with van der Waals surface area (Å²) in [6, 6.07) is 2.07. The standard InChI is InChI=1S/C13H20N2OS2/c1-2-4-14-5-6-15-13(16)12-8-10-9-17-7-3-11(10)18-12/h8,14H,2-7,9H2,1H3,(H,15,16). The minimum atomic E-state index is 0.0812. The summed E-state index contributed by atoms with van der Waals surface area (Å²) in [6.45, 7) is 4.71. The lowest BCUT2D eigenvalue weighted by Gasteiger charge is -2.08. The van der Waals surface area contributed by atoms with Crippen molar-refractivity contribution in [3.63, 3.8) is 0 Å². The molecule has 0 aromatic carbocycles. The summed E-state index contributed by atoms with van der Waals surface area (Å²) in [5.41, 5.74) is 1.37. The van der Waals surface area contributed by atoms with Crippen molar-refractivity contribution < 1.29 is 4.79 Å². The van der Waals surface area contributed by atoms with E-state index in [4.69, 9.17) is 0 Å². The summed E-state index contributed by atoms with van der Waals surface area (Å²) in [5.74, 6) is 2.34. The molecular formula is C13H20N2OS2. The van der Waals surface area contributed by atoms with Gasteiger partial charge < -0.3 is 10.6 Å². The summed E-state index contributed by atoms with van der Waals surface area (Å²) in [7, 11) is 0. The van der Waals surface area contributed by atoms with Crippen molar-refractivity contribution in [2.24, 2.45) is 0 Å². The van der Waals surface area contributed by atoms with E-state index in [9.17, 15) is 4.79 Å². The number of hydrogen-bond acceptors (Lipinski definition) is 4. The van der Waals surface area contributed by atoms with Crippen molar-refractivity contribution in [1.29, 1.82) is 0 Å². The van der Waals surface area contributed by atoms with E-state index >= 15 is 0 Å². The van der Waals surface area contributed by atoms with E-state index in [1.165, 1.54) is 16.2 Å². The number of amides is 1. The minimum Gasteiger partial charge on any atom is -0.350 e. The van der Waals surface area contributed by atoms with Crippen LogP contribution in [0.15, 0.2) is 6.07 Å². The lowest BCUT2D eigenvalue weighted by molar-refractivity contribution is 0.0958. The van der Waals surface area contributed by atoms with Crippen molar-refractivity contribution >= 4 is 29.0 Å². The Balaban J connectivity index is 1.80. The first-order chi connectivity index (χ1) is 8.81. The smallest absolute Gasteiger partial charge is 0.261 e. The highest BCUT2D eigenvalue weighted by Gasteiger charge is 2.16. The van der Waals surface area contributed by atoms with Crippen LogP contribution in [-0.4, -0.2) is 31.3 Å². The molecule has 0 saturated heterocycles. The van der Waals surface area contributed by atoms with Crippen molar-refractivity contribution in [3.05, 3.63) is 21.4 Å². The molecule has 18 heavy (non-hydrogen) atoms. The Hall–Kier alpha value is -0.520. The fourth-order valence-corrected chi connectivity index (χ4v) is 4.20. The first-order valence-electron chi connectivity index (χ1n) is 6.49. The summed E-state index contributed by atoms with van der Waals surface area (Å²) < 4.78 is 0. The summed E-state index contributed by atoms with van der Waals surface area (Å²) in [6.07, 6.45) is 2.25. The van der Waals surface area contributed by atoms with Gasteiger partial charge in [0.25, 0.3) is 5.91 Å². The van der Waals surface area contributed by atoms with Crippen LogP contribution < -0.4 is 10.6 Å². The zero-order valence-corrected chi connectivity index (χ0v) is 12.4. The second-order valence-electron chi connectivity index (χ2n) is 4.37. The summed E-state index contributed by atoms with van der Waals surface area (Å²) >= 11 is 3.62. The monoisotopic (exact) mass is 284 g/mol. The average Bonchev–Trinajstić information content (AvgIpc) is 2.82. The zero-order valence-electron chi connectivity index (χ0n) is 10.8. The molecule has 3 nitrogen and oxygen atoms in total. The molecule has 0 saturated carbocycles. The van der Waals surface area contributed by atoms with Crippen LogP contribution >= 0.6 is 23.1 Å². The van der Waals surface area contributed by atoms with Crippen LogP contribution in [0.25, 0.3) is 0 Å². The van der Waals surface area contributed by atoms with Crippen molar-refractivity contribution in [2.45, 2.75) is 25.5 Å². The van der Waals surface area contributed by atoms with Crippen LogP contribution in [0.3, 0.4) is 0 Å². The maximum atomic E-state index is 12.0. The molecule has 1 aliphatic rings. The molecular weight excluding hydrogens is 264 g/mol. The predicted octanol–water partition coefficient (Wildman–Crippen LogP) is 2.27. The SMILES string of the molecule is CCCNCCNC(=O)c1cc2c(s1)CCSC2. The van der Waals surface area contributed by atoms with E-state index in [0.717, 1.165) is 36.6 Å². The first kappa shape index (κ1) is 13.9. The highest BCUT2D eigenvalue weighted by Crippen LogP contribution is 2.31. The molecule has 1 aromatic heterocycles. The van der Waals surface area contributed by atoms with Crippen molar-refractivity contribution in [2.75, 3.05) is 25.4 Å². The molecule has 5 heteroatoms. The van der Waals surface area contributed by atoms with Crippen molar-refractivity contribution in [1.82, 2.24) is 10.6 Å². The maximum absolute atomic E-state index is 12.0. The van der Waals surface area contributed by atoms with Gasteiger partial charge in [-0.3, -0.25) is 4.79 Å². The number of carbonyl (C=O) groups is 1. The van der Waals surface area contributed by atoms with Crippen LogP contribution in [0.5, 0.6) is 0 Å². The topological polar surface area (TPSA) is 41.1 Å². The number of carbonyl (C=O) groups excluding carboxylic acids is 1. The Bertz CT molecular complexity index is 380.